The van der Waals surface area contributed by atoms with Crippen LogP contribution in [0.25, 0.3) is 0 Å². The molecule has 7 N–H and O–H groups in total. The Hall–Kier alpha value is -1.43. The Morgan fingerprint density at radius 2 is 1.43 bits per heavy atom. The van der Waals surface area contributed by atoms with Crippen molar-refractivity contribution >= 4 is 22.2 Å². The number of Topliss-reactive ketones (excluding diaryl/α,β-unsaturated/α-hetero) is 1. The molecule has 3 aliphatic rings. The number of aliphatic hydroxyl groups is 5. The lowest BCUT2D eigenvalue weighted by molar-refractivity contribution is -0.318. The van der Waals surface area contributed by atoms with Crippen LogP contribution >= 0.6 is 0 Å². The predicted molar refractivity (Wildman–Crippen MR) is 200 cm³/mol. The van der Waals surface area contributed by atoms with Crippen LogP contribution in [0.15, 0.2) is 0 Å². The van der Waals surface area contributed by atoms with Gasteiger partial charge in [-0.05, 0) is 74.9 Å². The zero-order valence-corrected chi connectivity index (χ0v) is 35.9. The Kier molecular flexibility index (Phi) is 17.9. The molecule has 0 aromatic heterocycles. The number of ketones is 1. The van der Waals surface area contributed by atoms with E-state index in [1.54, 1.807) is 41.5 Å². The van der Waals surface area contributed by atoms with Gasteiger partial charge in [0.05, 0.1) is 47.6 Å². The number of rotatable bonds is 7. The third-order valence-electron chi connectivity index (χ3n) is 11.8. The first-order valence-corrected chi connectivity index (χ1v) is 20.6. The smallest absolute Gasteiger partial charge is 0.394 e. The van der Waals surface area contributed by atoms with Crippen LogP contribution in [-0.4, -0.2) is 165 Å². The van der Waals surface area contributed by atoms with E-state index in [0.29, 0.717) is 6.42 Å². The summed E-state index contributed by atoms with van der Waals surface area (Å²) in [6.07, 6.45) is -9.71. The highest BCUT2D eigenvalue weighted by Crippen LogP contribution is 2.40. The average Bonchev–Trinajstić information content (AvgIpc) is 3.08. The van der Waals surface area contributed by atoms with Crippen molar-refractivity contribution in [2.24, 2.45) is 23.7 Å². The van der Waals surface area contributed by atoms with Crippen LogP contribution < -0.4 is 0 Å². The summed E-state index contributed by atoms with van der Waals surface area (Å²) in [6, 6.07) is -0.324. The molecule has 3 aliphatic heterocycles. The standard InChI is InChI=1S/C37H67NO13.H2O4S/c1-14-25-37(10,45)30(41)20(4)27(39)18(2)16-35(8,44)32(51-34-28(40)24(38(11)12)15-19(3)47-34)21(5)29(22(6)33(43)49-25)50-26-17-36(9,46-13)31(42)23(7)48-26;1-5(2,3)4/h18-26,28-32,34,40-42,44-45H,14-17H2,1-13H3;(H2,1,2,3,4)/t18-,19+,20+,21+,22-,23+,24-,25-,26+,28+,29+,30-,31+,32-,34-,35-,36-,37-;/m1./s1. The van der Waals surface area contributed by atoms with Crippen LogP contribution in [0.5, 0.6) is 0 Å². The van der Waals surface area contributed by atoms with E-state index in [1.165, 1.54) is 27.9 Å². The number of nitrogens with zero attached hydrogens (tertiary/aromatic N) is 1. The van der Waals surface area contributed by atoms with Crippen LogP contribution in [-0.2, 0) is 48.4 Å². The molecular weight excluding hydrogens is 762 g/mol. The van der Waals surface area contributed by atoms with E-state index in [4.69, 9.17) is 45.9 Å². The van der Waals surface area contributed by atoms with E-state index in [0.717, 1.165) is 0 Å². The number of ether oxygens (including phenoxy) is 6. The van der Waals surface area contributed by atoms with E-state index in [-0.39, 0.29) is 31.4 Å². The van der Waals surface area contributed by atoms with Crippen molar-refractivity contribution in [1.82, 2.24) is 4.90 Å². The molecule has 3 fully saturated rings. The molecule has 56 heavy (non-hydrogen) atoms. The van der Waals surface area contributed by atoms with Crippen molar-refractivity contribution in [3.8, 4) is 0 Å². The fourth-order valence-corrected chi connectivity index (χ4v) is 8.41. The summed E-state index contributed by atoms with van der Waals surface area (Å²) < 4.78 is 68.6. The molecule has 0 aromatic rings. The van der Waals surface area contributed by atoms with Gasteiger partial charge in [-0.25, -0.2) is 0 Å². The Bertz CT molecular complexity index is 1390. The maximum Gasteiger partial charge on any atom is 0.394 e. The van der Waals surface area contributed by atoms with Crippen molar-refractivity contribution in [3.63, 3.8) is 0 Å². The number of hydrogen-bond acceptors (Lipinski definition) is 16. The molecule has 0 spiro atoms. The number of hydrogen-bond donors (Lipinski definition) is 7. The van der Waals surface area contributed by atoms with Gasteiger partial charge < -0.3 is 58.9 Å². The second-order valence-electron chi connectivity index (χ2n) is 16.9. The molecule has 0 bridgehead atoms. The van der Waals surface area contributed by atoms with Crippen LogP contribution in [0.1, 0.15) is 94.9 Å². The van der Waals surface area contributed by atoms with Crippen molar-refractivity contribution in [3.05, 3.63) is 0 Å². The van der Waals surface area contributed by atoms with Crippen molar-refractivity contribution in [2.45, 2.75) is 179 Å². The first-order chi connectivity index (χ1) is 25.4. The van der Waals surface area contributed by atoms with Crippen molar-refractivity contribution in [1.29, 1.82) is 0 Å². The molecule has 0 aromatic carbocycles. The fourth-order valence-electron chi connectivity index (χ4n) is 8.41. The summed E-state index contributed by atoms with van der Waals surface area (Å²) in [5.74, 6) is -4.98. The highest BCUT2D eigenvalue weighted by molar-refractivity contribution is 7.79. The van der Waals surface area contributed by atoms with Gasteiger partial charge in [-0.2, -0.15) is 8.42 Å². The van der Waals surface area contributed by atoms with E-state index in [9.17, 15) is 35.1 Å². The summed E-state index contributed by atoms with van der Waals surface area (Å²) >= 11 is 0. The Labute approximate surface area is 331 Å². The first-order valence-electron chi connectivity index (χ1n) is 19.2. The molecule has 0 amide bonds. The molecule has 18 atom stereocenters. The predicted octanol–water partition coefficient (Wildman–Crippen LogP) is 1.13. The molecule has 18 nitrogen and oxygen atoms in total. The van der Waals surface area contributed by atoms with E-state index in [1.807, 2.05) is 25.9 Å². The number of esters is 1. The SMILES string of the molecule is CC[C@H]1OC(=O)[C@H](C)[C@@H](O[C@H]2C[C@@](C)(OC)[C@@H](O)[C@H](C)O2)[C@H](C)[C@@H](O[C@H]2O[C@@H](C)C[C@@H](N(C)C)[C@@H]2O)[C@](C)(O)C[C@@H](C)C(=O)[C@H](C)[C@@H](O)[C@]1(C)O.O=S(=O)(O)O. The van der Waals surface area contributed by atoms with E-state index in [2.05, 4.69) is 0 Å². The van der Waals surface area contributed by atoms with Gasteiger partial charge >= 0.3 is 16.4 Å². The summed E-state index contributed by atoms with van der Waals surface area (Å²) in [5.41, 5.74) is -4.84. The Morgan fingerprint density at radius 3 is 1.93 bits per heavy atom. The number of likely N-dealkylation sites (N-methyl/N-ethyl adjacent to an activating group) is 1. The van der Waals surface area contributed by atoms with Crippen molar-refractivity contribution < 1.29 is 81.1 Å². The quantitative estimate of drug-likeness (QED) is 0.140. The summed E-state index contributed by atoms with van der Waals surface area (Å²) in [7, 11) is 0.510. The monoisotopic (exact) mass is 831 g/mol. The molecule has 0 saturated carbocycles. The minimum Gasteiger partial charge on any atom is -0.459 e. The summed E-state index contributed by atoms with van der Waals surface area (Å²) in [5, 5.41) is 57.6. The second-order valence-corrected chi connectivity index (χ2v) is 17.8. The van der Waals surface area contributed by atoms with Crippen LogP contribution in [0.3, 0.4) is 0 Å². The normalized spacial score (nSPS) is 46.3. The number of cyclic esters (lactones) is 1. The minimum absolute atomic E-state index is 0.0936. The molecular formula is C37H69NO17S. The number of methoxy groups -OCH3 is 1. The second kappa shape index (κ2) is 19.8. The molecule has 3 saturated heterocycles. The van der Waals surface area contributed by atoms with Crippen LogP contribution in [0, 0.1) is 23.7 Å². The molecule has 3 heterocycles. The van der Waals surface area contributed by atoms with Gasteiger partial charge in [0.1, 0.15) is 29.7 Å². The summed E-state index contributed by atoms with van der Waals surface area (Å²) in [6.45, 7) is 16.3. The van der Waals surface area contributed by atoms with E-state index < -0.39 is 118 Å². The van der Waals surface area contributed by atoms with Gasteiger partial charge in [0, 0.05) is 37.3 Å². The van der Waals surface area contributed by atoms with Gasteiger partial charge in [-0.3, -0.25) is 18.7 Å². The van der Waals surface area contributed by atoms with Gasteiger partial charge in [-0.1, -0.05) is 27.7 Å². The number of aliphatic hydroxyl groups excluding tert-OH is 3. The molecule has 3 rings (SSSR count). The Balaban J connectivity index is 0.00000203. The van der Waals surface area contributed by atoms with Gasteiger partial charge in [0.2, 0.25) is 0 Å². The molecule has 19 heteroatoms. The highest BCUT2D eigenvalue weighted by atomic mass is 32.3. The highest BCUT2D eigenvalue weighted by Gasteiger charge is 2.53. The average molecular weight is 832 g/mol. The zero-order chi connectivity index (χ0) is 43.5. The number of carbonyl (C=O) groups is 2. The third-order valence-corrected chi connectivity index (χ3v) is 11.8. The maximum atomic E-state index is 14.1. The molecule has 0 unspecified atom stereocenters. The minimum atomic E-state index is -4.67. The molecule has 330 valence electrons. The lowest BCUT2D eigenvalue weighted by Crippen LogP contribution is -2.61. The van der Waals surface area contributed by atoms with Gasteiger partial charge in [-0.15, -0.1) is 0 Å². The fraction of sp³-hybridized carbons (Fsp3) is 0.946. The zero-order valence-electron chi connectivity index (χ0n) is 35.1. The van der Waals surface area contributed by atoms with Crippen LogP contribution in [0.4, 0.5) is 0 Å². The van der Waals surface area contributed by atoms with Gasteiger partial charge in [0.25, 0.3) is 0 Å². The first kappa shape index (κ1) is 50.7. The third kappa shape index (κ3) is 12.5. The number of carbonyl (C=O) groups excluding carboxylic acids is 2. The molecule has 0 aliphatic carbocycles. The van der Waals surface area contributed by atoms with E-state index >= 15 is 0 Å². The topological polar surface area (TPSA) is 269 Å². The largest absolute Gasteiger partial charge is 0.459 e. The lowest BCUT2D eigenvalue weighted by Gasteiger charge is -2.49. The van der Waals surface area contributed by atoms with Crippen LogP contribution in [0.2, 0.25) is 0 Å². The molecule has 0 radical (unpaired) electrons. The van der Waals surface area contributed by atoms with Gasteiger partial charge in [0.15, 0.2) is 12.6 Å². The summed E-state index contributed by atoms with van der Waals surface area (Å²) in [4.78, 5) is 29.8. The maximum absolute atomic E-state index is 14.1. The van der Waals surface area contributed by atoms with Crippen molar-refractivity contribution in [2.75, 3.05) is 21.2 Å². The lowest BCUT2D eigenvalue weighted by atomic mass is 9.74. The Morgan fingerprint density at radius 1 is 0.875 bits per heavy atom.